The summed E-state index contributed by atoms with van der Waals surface area (Å²) in [6.07, 6.45) is 7.22. The zero-order valence-electron chi connectivity index (χ0n) is 30.2. The van der Waals surface area contributed by atoms with Crippen LogP contribution in [-0.2, 0) is 42.9 Å². The number of ketones is 2. The largest absolute Gasteiger partial charge is 0.451 e. The Hall–Kier alpha value is -2.74. The number of aliphatic hydroxyl groups excluding tert-OH is 1. The number of Topliss-reactive ketones (excluding diaryl/α,β-unsaturated/α-hetero) is 2. The summed E-state index contributed by atoms with van der Waals surface area (Å²) in [6.45, 7) is 10.6. The van der Waals surface area contributed by atoms with Gasteiger partial charge in [-0.2, -0.15) is 0 Å². The third kappa shape index (κ3) is 8.48. The van der Waals surface area contributed by atoms with Crippen molar-refractivity contribution in [1.29, 1.82) is 0 Å². The highest BCUT2D eigenvalue weighted by atomic mass is 16.7. The lowest BCUT2D eigenvalue weighted by Gasteiger charge is -2.53. The van der Waals surface area contributed by atoms with E-state index in [0.29, 0.717) is 38.5 Å². The molecule has 1 spiro atoms. The fourth-order valence-corrected chi connectivity index (χ4v) is 7.79. The van der Waals surface area contributed by atoms with Crippen molar-refractivity contribution in [3.05, 3.63) is 36.1 Å². The Morgan fingerprint density at radius 1 is 1.02 bits per heavy atom. The van der Waals surface area contributed by atoms with Crippen molar-refractivity contribution in [1.82, 2.24) is 5.32 Å². The molecule has 278 valence electrons. The lowest BCUT2D eigenvalue weighted by atomic mass is 9.78. The number of aliphatic hydroxyl groups is 2. The van der Waals surface area contributed by atoms with E-state index in [1.807, 2.05) is 13.8 Å². The number of amides is 1. The molecule has 7 heterocycles. The molecule has 0 saturated carbocycles. The fourth-order valence-electron chi connectivity index (χ4n) is 7.79. The molecule has 50 heavy (non-hydrogen) atoms. The fraction of sp³-hybridized carbons (Fsp3) is 0.737. The minimum atomic E-state index is -1.85. The number of epoxide rings is 1. The van der Waals surface area contributed by atoms with E-state index >= 15 is 0 Å². The standard InChI is InChI=1S/C38H55NO11/c1-7-11-31(42)39-17-10-8-9-12-28-27(41)18-22(2)26(40)21-25-19-24(4)38(48-25)16-15-36(5)30(50-38)14-13-29(49-36)33-34(47-33)35(44)37(6,45)23(3)20-32(43)46-28/h8-10,17,20,22,24-25,28-30,33-35,44-45H,7,11-16,18-19,21H2,1-6H3,(H,39,42)/b9-8+,17-10-,23-20-/t22-,24-,25+,28-,29-,30+,33-,34-,35+,36-,37+,38+/m0/s1. The molecule has 7 aliphatic rings. The van der Waals surface area contributed by atoms with Crippen molar-refractivity contribution < 1.29 is 53.1 Å². The molecule has 1 amide bonds. The van der Waals surface area contributed by atoms with Crippen LogP contribution in [0, 0.1) is 11.8 Å². The molecular weight excluding hydrogens is 646 g/mol. The lowest BCUT2D eigenvalue weighted by molar-refractivity contribution is -0.344. The molecule has 3 N–H and O–H groups in total. The Morgan fingerprint density at radius 2 is 1.78 bits per heavy atom. The first-order valence-electron chi connectivity index (χ1n) is 18.2. The molecule has 0 aromatic rings. The third-order valence-corrected chi connectivity index (χ3v) is 11.3. The Morgan fingerprint density at radius 3 is 2.52 bits per heavy atom. The van der Waals surface area contributed by atoms with E-state index in [2.05, 4.69) is 12.2 Å². The second-order valence-electron chi connectivity index (χ2n) is 15.3. The zero-order chi connectivity index (χ0) is 36.4. The van der Waals surface area contributed by atoms with Crippen LogP contribution in [0.1, 0.15) is 106 Å². The van der Waals surface area contributed by atoms with E-state index in [4.69, 9.17) is 23.7 Å². The van der Waals surface area contributed by atoms with Gasteiger partial charge in [0.15, 0.2) is 17.7 Å². The number of allylic oxidation sites excluding steroid dienone is 2. The van der Waals surface area contributed by atoms with E-state index in [1.165, 1.54) is 20.0 Å². The Bertz CT molecular complexity index is 1390. The summed E-state index contributed by atoms with van der Waals surface area (Å²) in [4.78, 5) is 51.8. The molecule has 4 fully saturated rings. The predicted octanol–water partition coefficient (Wildman–Crippen LogP) is 3.91. The highest BCUT2D eigenvalue weighted by Gasteiger charge is 2.61. The normalized spacial score (nSPS) is 44.0. The summed E-state index contributed by atoms with van der Waals surface area (Å²) >= 11 is 0. The van der Waals surface area contributed by atoms with E-state index < -0.39 is 59.1 Å². The van der Waals surface area contributed by atoms with Crippen LogP contribution < -0.4 is 5.32 Å². The molecule has 7 aliphatic heterocycles. The summed E-state index contributed by atoms with van der Waals surface area (Å²) in [5, 5.41) is 25.3. The molecule has 7 rings (SSSR count). The first kappa shape index (κ1) is 38.5. The van der Waals surface area contributed by atoms with Crippen molar-refractivity contribution in [2.24, 2.45) is 11.8 Å². The molecule has 5 bridgehead atoms. The van der Waals surface area contributed by atoms with Gasteiger partial charge in [-0.15, -0.1) is 0 Å². The number of ether oxygens (including phenoxy) is 5. The second kappa shape index (κ2) is 15.5. The first-order chi connectivity index (χ1) is 23.6. The topological polar surface area (TPSA) is 170 Å². The third-order valence-electron chi connectivity index (χ3n) is 11.3. The first-order valence-corrected chi connectivity index (χ1v) is 18.2. The van der Waals surface area contributed by atoms with Crippen LogP contribution in [0.25, 0.3) is 0 Å². The van der Waals surface area contributed by atoms with Crippen LogP contribution in [0.2, 0.25) is 0 Å². The zero-order valence-corrected chi connectivity index (χ0v) is 30.2. The summed E-state index contributed by atoms with van der Waals surface area (Å²) in [7, 11) is 0. The van der Waals surface area contributed by atoms with Crippen LogP contribution in [0.4, 0.5) is 0 Å². The van der Waals surface area contributed by atoms with E-state index in [0.717, 1.165) is 12.5 Å². The van der Waals surface area contributed by atoms with Gasteiger partial charge in [-0.25, -0.2) is 4.79 Å². The van der Waals surface area contributed by atoms with Gasteiger partial charge in [-0.3, -0.25) is 14.4 Å². The highest BCUT2D eigenvalue weighted by Crippen LogP contribution is 2.52. The number of hydrogen-bond donors (Lipinski definition) is 3. The molecule has 0 aliphatic carbocycles. The summed E-state index contributed by atoms with van der Waals surface area (Å²) in [5.74, 6) is -2.95. The highest BCUT2D eigenvalue weighted by molar-refractivity contribution is 5.92. The quantitative estimate of drug-likeness (QED) is 0.209. The van der Waals surface area contributed by atoms with Crippen molar-refractivity contribution in [3.8, 4) is 0 Å². The number of rotatable bonds is 6. The molecular formula is C38H55NO11. The Kier molecular flexibility index (Phi) is 11.9. The monoisotopic (exact) mass is 701 g/mol. The number of hydrogen-bond acceptors (Lipinski definition) is 11. The maximum atomic E-state index is 13.5. The molecule has 0 aromatic heterocycles. The van der Waals surface area contributed by atoms with E-state index in [9.17, 15) is 29.4 Å². The molecule has 0 unspecified atom stereocenters. The van der Waals surface area contributed by atoms with Crippen LogP contribution >= 0.6 is 0 Å². The maximum Gasteiger partial charge on any atom is 0.331 e. The molecule has 4 saturated heterocycles. The molecule has 12 nitrogen and oxygen atoms in total. The van der Waals surface area contributed by atoms with Gasteiger partial charge in [0.2, 0.25) is 5.91 Å². The average molecular weight is 702 g/mol. The summed E-state index contributed by atoms with van der Waals surface area (Å²) in [5.41, 5.74) is -2.31. The van der Waals surface area contributed by atoms with Crippen molar-refractivity contribution in [2.45, 2.75) is 165 Å². The lowest BCUT2D eigenvalue weighted by Crippen LogP contribution is -2.60. The van der Waals surface area contributed by atoms with Gasteiger partial charge in [0.05, 0.1) is 23.9 Å². The van der Waals surface area contributed by atoms with Gasteiger partial charge in [-0.1, -0.05) is 32.9 Å². The summed E-state index contributed by atoms with van der Waals surface area (Å²) in [6, 6.07) is 0. The number of carbonyl (C=O) groups excluding carboxylic acids is 4. The number of nitrogens with one attached hydrogen (secondary N) is 1. The van der Waals surface area contributed by atoms with Gasteiger partial charge >= 0.3 is 5.97 Å². The van der Waals surface area contributed by atoms with Crippen LogP contribution in [0.15, 0.2) is 36.1 Å². The maximum absolute atomic E-state index is 13.5. The molecule has 0 radical (unpaired) electrons. The van der Waals surface area contributed by atoms with Crippen molar-refractivity contribution in [3.63, 3.8) is 0 Å². The smallest absolute Gasteiger partial charge is 0.331 e. The van der Waals surface area contributed by atoms with Crippen LogP contribution in [0.3, 0.4) is 0 Å². The molecule has 12 heteroatoms. The van der Waals surface area contributed by atoms with Gasteiger partial charge in [0, 0.05) is 56.2 Å². The SMILES string of the molecule is CCCC(=O)N/C=C\C=C\C[C@@H]1OC(=O)/C=C(/C)[C@@](C)(O)[C@H](O)[C@H]2O[C@H]2[C@@H]2CC[C@H]3O[C@@]4(CC[C@]3(C)O2)O[C@@H](CC(=O)[C@@H](C)CC1=O)C[C@@H]4C. The average Bonchev–Trinajstić information content (AvgIpc) is 3.79. The van der Waals surface area contributed by atoms with E-state index in [-0.39, 0.29) is 60.8 Å². The number of esters is 1. The molecule has 0 aromatic carbocycles. The second-order valence-corrected chi connectivity index (χ2v) is 15.3. The molecule has 12 atom stereocenters. The minimum Gasteiger partial charge on any atom is -0.451 e. The predicted molar refractivity (Wildman–Crippen MR) is 181 cm³/mol. The van der Waals surface area contributed by atoms with Gasteiger partial charge in [-0.05, 0) is 64.5 Å². The van der Waals surface area contributed by atoms with Gasteiger partial charge < -0.3 is 39.2 Å². The number of fused-ring (bicyclic) bond motifs is 2. The van der Waals surface area contributed by atoms with Crippen LogP contribution in [0.5, 0.6) is 0 Å². The van der Waals surface area contributed by atoms with Gasteiger partial charge in [0.25, 0.3) is 0 Å². The van der Waals surface area contributed by atoms with Crippen LogP contribution in [-0.4, -0.2) is 93.4 Å². The van der Waals surface area contributed by atoms with Gasteiger partial charge in [0.1, 0.15) is 29.7 Å². The van der Waals surface area contributed by atoms with E-state index in [1.54, 1.807) is 25.2 Å². The van der Waals surface area contributed by atoms with Crippen molar-refractivity contribution in [2.75, 3.05) is 0 Å². The Balaban J connectivity index is 1.36. The number of carbonyl (C=O) groups is 4. The Labute approximate surface area is 294 Å². The minimum absolute atomic E-state index is 0.0206. The van der Waals surface area contributed by atoms with Crippen molar-refractivity contribution >= 4 is 23.4 Å². The summed E-state index contributed by atoms with van der Waals surface area (Å²) < 4.78 is 31.4.